The lowest BCUT2D eigenvalue weighted by Crippen LogP contribution is -2.24. The zero-order chi connectivity index (χ0) is 15.0. The minimum absolute atomic E-state index is 0.127. The molecule has 0 atom stereocenters. The molecule has 0 saturated carbocycles. The molecule has 1 amide bonds. The van der Waals surface area contributed by atoms with Gasteiger partial charge in [0, 0.05) is 12.1 Å². The standard InChI is InChI=1S/C17H28N2O/c1-5-19(6-2)13-8-7-12-16(20)18-17-14(3)10-9-11-15(17)4/h9-11H,5-8,12-13H2,1-4H3,(H,18,20). The Balaban J connectivity index is 2.34. The average Bonchev–Trinajstić information content (AvgIpc) is 2.43. The van der Waals surface area contributed by atoms with Crippen molar-refractivity contribution in [3.8, 4) is 0 Å². The van der Waals surface area contributed by atoms with Gasteiger partial charge >= 0.3 is 0 Å². The van der Waals surface area contributed by atoms with Gasteiger partial charge < -0.3 is 10.2 Å². The summed E-state index contributed by atoms with van der Waals surface area (Å²) in [6.07, 6.45) is 2.64. The van der Waals surface area contributed by atoms with Crippen LogP contribution in [-0.2, 0) is 4.79 Å². The van der Waals surface area contributed by atoms with Crippen LogP contribution in [0.25, 0.3) is 0 Å². The summed E-state index contributed by atoms with van der Waals surface area (Å²) in [4.78, 5) is 14.4. The van der Waals surface area contributed by atoms with E-state index in [9.17, 15) is 4.79 Å². The van der Waals surface area contributed by atoms with Gasteiger partial charge in [-0.25, -0.2) is 0 Å². The van der Waals surface area contributed by atoms with E-state index in [0.717, 1.165) is 49.3 Å². The third-order valence-corrected chi connectivity index (χ3v) is 3.77. The van der Waals surface area contributed by atoms with E-state index in [4.69, 9.17) is 0 Å². The van der Waals surface area contributed by atoms with Gasteiger partial charge in [-0.05, 0) is 57.5 Å². The molecule has 0 saturated heterocycles. The van der Waals surface area contributed by atoms with Crippen LogP contribution in [0.3, 0.4) is 0 Å². The summed E-state index contributed by atoms with van der Waals surface area (Å²) in [5.41, 5.74) is 3.23. The van der Waals surface area contributed by atoms with Gasteiger partial charge in [-0.15, -0.1) is 0 Å². The second kappa shape index (κ2) is 8.75. The molecule has 1 aromatic carbocycles. The van der Waals surface area contributed by atoms with Crippen LogP contribution in [0.2, 0.25) is 0 Å². The van der Waals surface area contributed by atoms with E-state index < -0.39 is 0 Å². The molecule has 0 heterocycles. The van der Waals surface area contributed by atoms with Gasteiger partial charge in [-0.2, -0.15) is 0 Å². The number of nitrogens with one attached hydrogen (secondary N) is 1. The van der Waals surface area contributed by atoms with E-state index in [2.05, 4.69) is 24.1 Å². The quantitative estimate of drug-likeness (QED) is 0.733. The van der Waals surface area contributed by atoms with Crippen LogP contribution < -0.4 is 5.32 Å². The highest BCUT2D eigenvalue weighted by atomic mass is 16.1. The number of unbranched alkanes of at least 4 members (excludes halogenated alkanes) is 1. The molecular formula is C17H28N2O. The third kappa shape index (κ3) is 5.33. The Morgan fingerprint density at radius 1 is 1.10 bits per heavy atom. The molecule has 0 aliphatic heterocycles. The average molecular weight is 276 g/mol. The lowest BCUT2D eigenvalue weighted by Gasteiger charge is -2.17. The second-order valence-corrected chi connectivity index (χ2v) is 5.30. The molecule has 0 bridgehead atoms. The summed E-state index contributed by atoms with van der Waals surface area (Å²) < 4.78 is 0. The zero-order valence-electron chi connectivity index (χ0n) is 13.3. The van der Waals surface area contributed by atoms with Crippen molar-refractivity contribution in [2.75, 3.05) is 25.0 Å². The maximum Gasteiger partial charge on any atom is 0.224 e. The van der Waals surface area contributed by atoms with Crippen molar-refractivity contribution in [2.24, 2.45) is 0 Å². The first-order chi connectivity index (χ1) is 9.58. The first-order valence-electron chi connectivity index (χ1n) is 7.66. The van der Waals surface area contributed by atoms with Crippen molar-refractivity contribution >= 4 is 11.6 Å². The smallest absolute Gasteiger partial charge is 0.224 e. The van der Waals surface area contributed by atoms with E-state index in [1.165, 1.54) is 0 Å². The Kier molecular flexibility index (Phi) is 7.31. The summed E-state index contributed by atoms with van der Waals surface area (Å²) in [6.45, 7) is 11.7. The summed E-state index contributed by atoms with van der Waals surface area (Å²) in [5, 5.41) is 3.04. The van der Waals surface area contributed by atoms with Gasteiger partial charge in [0.2, 0.25) is 5.91 Å². The molecule has 0 aromatic heterocycles. The normalized spacial score (nSPS) is 10.8. The van der Waals surface area contributed by atoms with Gasteiger partial charge in [0.1, 0.15) is 0 Å². The van der Waals surface area contributed by atoms with Crippen molar-refractivity contribution in [3.63, 3.8) is 0 Å². The number of carbonyl (C=O) groups is 1. The highest BCUT2D eigenvalue weighted by molar-refractivity contribution is 5.92. The monoisotopic (exact) mass is 276 g/mol. The zero-order valence-corrected chi connectivity index (χ0v) is 13.3. The minimum atomic E-state index is 0.127. The number of amides is 1. The maximum atomic E-state index is 12.0. The van der Waals surface area contributed by atoms with E-state index in [0.29, 0.717) is 6.42 Å². The van der Waals surface area contributed by atoms with Crippen molar-refractivity contribution in [1.82, 2.24) is 4.90 Å². The lowest BCUT2D eigenvalue weighted by atomic mass is 10.1. The summed E-state index contributed by atoms with van der Waals surface area (Å²) >= 11 is 0. The largest absolute Gasteiger partial charge is 0.326 e. The molecule has 3 heteroatoms. The SMILES string of the molecule is CCN(CC)CCCCC(=O)Nc1c(C)cccc1C. The van der Waals surface area contributed by atoms with Gasteiger partial charge in [-0.3, -0.25) is 4.79 Å². The third-order valence-electron chi connectivity index (χ3n) is 3.77. The number of nitrogens with zero attached hydrogens (tertiary/aromatic N) is 1. The Morgan fingerprint density at radius 2 is 1.70 bits per heavy atom. The molecule has 3 nitrogen and oxygen atoms in total. The number of rotatable bonds is 8. The van der Waals surface area contributed by atoms with Crippen molar-refractivity contribution < 1.29 is 4.79 Å². The fourth-order valence-corrected chi connectivity index (χ4v) is 2.37. The van der Waals surface area contributed by atoms with Crippen LogP contribution in [0.1, 0.15) is 44.2 Å². The number of aryl methyl sites for hydroxylation is 2. The highest BCUT2D eigenvalue weighted by Crippen LogP contribution is 2.19. The van der Waals surface area contributed by atoms with Crippen LogP contribution >= 0.6 is 0 Å². The summed E-state index contributed by atoms with van der Waals surface area (Å²) in [5.74, 6) is 0.127. The Labute approximate surface area is 123 Å². The maximum absolute atomic E-state index is 12.0. The molecule has 112 valence electrons. The number of para-hydroxylation sites is 1. The van der Waals surface area contributed by atoms with Gasteiger partial charge in [0.05, 0.1) is 0 Å². The Bertz CT molecular complexity index is 405. The fourth-order valence-electron chi connectivity index (χ4n) is 2.37. The molecule has 0 aliphatic rings. The molecule has 0 radical (unpaired) electrons. The van der Waals surface area contributed by atoms with Crippen LogP contribution in [-0.4, -0.2) is 30.4 Å². The highest BCUT2D eigenvalue weighted by Gasteiger charge is 2.07. The molecule has 1 aromatic rings. The molecule has 1 N–H and O–H groups in total. The predicted octanol–water partition coefficient (Wildman–Crippen LogP) is 3.75. The van der Waals surface area contributed by atoms with Gasteiger partial charge in [-0.1, -0.05) is 32.0 Å². The molecule has 0 spiro atoms. The van der Waals surface area contributed by atoms with Crippen LogP contribution in [0.5, 0.6) is 0 Å². The first-order valence-corrected chi connectivity index (χ1v) is 7.66. The van der Waals surface area contributed by atoms with Crippen LogP contribution in [0.4, 0.5) is 5.69 Å². The topological polar surface area (TPSA) is 32.3 Å². The molecule has 20 heavy (non-hydrogen) atoms. The summed E-state index contributed by atoms with van der Waals surface area (Å²) in [7, 11) is 0. The minimum Gasteiger partial charge on any atom is -0.326 e. The van der Waals surface area contributed by atoms with E-state index in [1.807, 2.05) is 32.0 Å². The first kappa shape index (κ1) is 16.7. The predicted molar refractivity (Wildman–Crippen MR) is 86.2 cm³/mol. The van der Waals surface area contributed by atoms with E-state index in [1.54, 1.807) is 0 Å². The van der Waals surface area contributed by atoms with E-state index in [-0.39, 0.29) is 5.91 Å². The van der Waals surface area contributed by atoms with Crippen LogP contribution in [0, 0.1) is 13.8 Å². The Hall–Kier alpha value is -1.35. The Morgan fingerprint density at radius 3 is 2.25 bits per heavy atom. The molecule has 1 rings (SSSR count). The van der Waals surface area contributed by atoms with Crippen molar-refractivity contribution in [2.45, 2.75) is 47.0 Å². The molecule has 0 unspecified atom stereocenters. The van der Waals surface area contributed by atoms with Gasteiger partial charge in [0.25, 0.3) is 0 Å². The molecule has 0 aliphatic carbocycles. The number of carbonyl (C=O) groups excluding carboxylic acids is 1. The molecular weight excluding hydrogens is 248 g/mol. The number of hydrogen-bond acceptors (Lipinski definition) is 2. The van der Waals surface area contributed by atoms with Crippen molar-refractivity contribution in [3.05, 3.63) is 29.3 Å². The van der Waals surface area contributed by atoms with E-state index >= 15 is 0 Å². The number of hydrogen-bond donors (Lipinski definition) is 1. The van der Waals surface area contributed by atoms with Gasteiger partial charge in [0.15, 0.2) is 0 Å². The second-order valence-electron chi connectivity index (χ2n) is 5.30. The summed E-state index contributed by atoms with van der Waals surface area (Å²) in [6, 6.07) is 6.08. The lowest BCUT2D eigenvalue weighted by molar-refractivity contribution is -0.116. The molecule has 0 fully saturated rings. The number of benzene rings is 1. The number of anilines is 1. The fraction of sp³-hybridized carbons (Fsp3) is 0.588. The van der Waals surface area contributed by atoms with Crippen LogP contribution in [0.15, 0.2) is 18.2 Å². The van der Waals surface area contributed by atoms with Crippen molar-refractivity contribution in [1.29, 1.82) is 0 Å².